The molecule has 1 saturated heterocycles. The molecule has 11 heteroatoms. The molecule has 4 aromatic rings. The fraction of sp³-hybridized carbons (Fsp3) is 0.417. The van der Waals surface area contributed by atoms with Crippen LogP contribution in [0, 0.1) is 6.92 Å². The average molecular weight is 477 g/mol. The summed E-state index contributed by atoms with van der Waals surface area (Å²) in [7, 11) is 0. The van der Waals surface area contributed by atoms with Gasteiger partial charge in [-0.2, -0.15) is 10.1 Å². The first-order valence-electron chi connectivity index (χ1n) is 11.6. The number of hydrogen-bond acceptors (Lipinski definition) is 9. The second kappa shape index (κ2) is 8.64. The van der Waals surface area contributed by atoms with E-state index in [2.05, 4.69) is 20.1 Å². The molecule has 11 nitrogen and oxygen atoms in total. The first-order chi connectivity index (χ1) is 16.7. The highest BCUT2D eigenvalue weighted by Gasteiger charge is 2.31. The lowest BCUT2D eigenvalue weighted by Crippen LogP contribution is -2.43. The second-order valence-electron chi connectivity index (χ2n) is 9.69. The van der Waals surface area contributed by atoms with E-state index in [9.17, 15) is 4.79 Å². The van der Waals surface area contributed by atoms with Crippen LogP contribution in [0.3, 0.4) is 0 Å². The highest BCUT2D eigenvalue weighted by molar-refractivity contribution is 5.98. The summed E-state index contributed by atoms with van der Waals surface area (Å²) in [5, 5.41) is 9.58. The number of nitrogens with two attached hydrogens (primary N) is 1. The zero-order valence-electron chi connectivity index (χ0n) is 20.2. The maximum Gasteiger partial charge on any atom is 0.410 e. The van der Waals surface area contributed by atoms with Gasteiger partial charge in [0, 0.05) is 31.1 Å². The first-order valence-corrected chi connectivity index (χ1v) is 11.6. The van der Waals surface area contributed by atoms with E-state index in [4.69, 9.17) is 20.1 Å². The summed E-state index contributed by atoms with van der Waals surface area (Å²) in [4.78, 5) is 27.4. The van der Waals surface area contributed by atoms with Crippen LogP contribution in [-0.4, -0.2) is 59.6 Å². The molecule has 1 fully saturated rings. The van der Waals surface area contributed by atoms with Crippen molar-refractivity contribution >= 4 is 22.9 Å². The number of hydrogen-bond donors (Lipinski definition) is 1. The number of aryl methyl sites for hydroxylation is 1. The number of carbonyl (C=O) groups excluding carboxylic acids is 1. The van der Waals surface area contributed by atoms with Crippen molar-refractivity contribution < 1.29 is 14.1 Å². The number of rotatable bonds is 3. The molecule has 1 atom stereocenters. The van der Waals surface area contributed by atoms with Crippen LogP contribution >= 0.6 is 0 Å². The molecule has 3 aromatic heterocycles. The Kier molecular flexibility index (Phi) is 5.62. The van der Waals surface area contributed by atoms with E-state index in [-0.39, 0.29) is 12.1 Å². The second-order valence-corrected chi connectivity index (χ2v) is 9.69. The smallest absolute Gasteiger partial charge is 0.410 e. The highest BCUT2D eigenvalue weighted by atomic mass is 16.6. The monoisotopic (exact) mass is 476 g/mol. The number of anilines is 1. The Hall–Kier alpha value is -4.02. The number of nitrogen functional groups attached to an aromatic ring is 1. The summed E-state index contributed by atoms with van der Waals surface area (Å²) in [5.74, 6) is 1.39. The molecule has 5 rings (SSSR count). The molecule has 1 amide bonds. The number of piperidine rings is 1. The van der Waals surface area contributed by atoms with Crippen LogP contribution in [-0.2, 0) is 4.74 Å². The molecule has 0 bridgehead atoms. The third kappa shape index (κ3) is 4.53. The van der Waals surface area contributed by atoms with Gasteiger partial charge in [-0.3, -0.25) is 0 Å². The lowest BCUT2D eigenvalue weighted by molar-refractivity contribution is 0.0169. The van der Waals surface area contributed by atoms with Crippen molar-refractivity contribution in [2.75, 3.05) is 18.8 Å². The number of nitrogens with zero attached hydrogens (tertiary/aromatic N) is 7. The minimum atomic E-state index is -0.552. The van der Waals surface area contributed by atoms with Gasteiger partial charge >= 0.3 is 6.09 Å². The average Bonchev–Trinajstić information content (AvgIpc) is 3.43. The maximum atomic E-state index is 12.7. The third-order valence-corrected chi connectivity index (χ3v) is 5.86. The van der Waals surface area contributed by atoms with E-state index in [1.54, 1.807) is 11.8 Å². The van der Waals surface area contributed by atoms with Gasteiger partial charge in [-0.25, -0.2) is 19.4 Å². The normalized spacial score (nSPS) is 16.6. The number of amides is 1. The molecule has 0 aliphatic carbocycles. The summed E-state index contributed by atoms with van der Waals surface area (Å²) in [6, 6.07) is 7.63. The van der Waals surface area contributed by atoms with Gasteiger partial charge in [0.1, 0.15) is 23.4 Å². The van der Waals surface area contributed by atoms with Crippen molar-refractivity contribution in [3.8, 4) is 22.6 Å². The van der Waals surface area contributed by atoms with Gasteiger partial charge in [0.2, 0.25) is 11.7 Å². The number of ether oxygens (including phenoxy) is 1. The molecular formula is C24H28N8O3. The lowest BCUT2D eigenvalue weighted by atomic mass is 10.1. The Bertz CT molecular complexity index is 1370. The van der Waals surface area contributed by atoms with Gasteiger partial charge in [-0.15, -0.1) is 0 Å². The van der Waals surface area contributed by atoms with E-state index in [1.165, 1.54) is 6.33 Å². The molecule has 4 heterocycles. The standard InChI is InChI=1S/C24H28N8O3/c1-14-28-21(30-35-14)16-9-7-15(8-10-16)19-18-20(25)26-13-27-22(18)32(29-19)17-6-5-11-31(12-17)23(33)34-24(2,3)4/h7-10,13,17H,5-6,11-12H2,1-4H3,(H2,25,26,27)/t17-/m1/s1. The Morgan fingerprint density at radius 1 is 1.17 bits per heavy atom. The minimum Gasteiger partial charge on any atom is -0.444 e. The van der Waals surface area contributed by atoms with Crippen molar-refractivity contribution in [2.24, 2.45) is 0 Å². The van der Waals surface area contributed by atoms with E-state index < -0.39 is 5.60 Å². The van der Waals surface area contributed by atoms with Crippen LogP contribution in [0.2, 0.25) is 0 Å². The minimum absolute atomic E-state index is 0.0663. The summed E-state index contributed by atoms with van der Waals surface area (Å²) in [6.45, 7) is 8.47. The van der Waals surface area contributed by atoms with Crippen molar-refractivity contribution in [1.29, 1.82) is 0 Å². The SMILES string of the molecule is Cc1nc(-c2ccc(-c3nn([C@@H]4CCCN(C(=O)OC(C)(C)C)C4)c4ncnc(N)c34)cc2)no1. The van der Waals surface area contributed by atoms with Crippen molar-refractivity contribution in [1.82, 2.24) is 34.8 Å². The van der Waals surface area contributed by atoms with Crippen LogP contribution in [0.1, 0.15) is 45.5 Å². The fourth-order valence-electron chi connectivity index (χ4n) is 4.29. The predicted octanol–water partition coefficient (Wildman–Crippen LogP) is 4.01. The summed E-state index contributed by atoms with van der Waals surface area (Å²) in [5.41, 5.74) is 8.75. The number of fused-ring (bicyclic) bond motifs is 1. The molecule has 0 saturated carbocycles. The van der Waals surface area contributed by atoms with Gasteiger partial charge in [0.05, 0.1) is 11.4 Å². The summed E-state index contributed by atoms with van der Waals surface area (Å²) in [6.07, 6.45) is 2.81. The highest BCUT2D eigenvalue weighted by Crippen LogP contribution is 2.34. The van der Waals surface area contributed by atoms with Crippen LogP contribution in [0.4, 0.5) is 10.6 Å². The Balaban J connectivity index is 1.49. The van der Waals surface area contributed by atoms with Crippen molar-refractivity contribution in [2.45, 2.75) is 52.2 Å². The van der Waals surface area contributed by atoms with Crippen LogP contribution in [0.25, 0.3) is 33.7 Å². The maximum absolute atomic E-state index is 12.7. The zero-order chi connectivity index (χ0) is 24.7. The Morgan fingerprint density at radius 3 is 2.60 bits per heavy atom. The molecule has 1 aromatic carbocycles. The van der Waals surface area contributed by atoms with Gasteiger partial charge in [-0.05, 0) is 33.6 Å². The van der Waals surface area contributed by atoms with Crippen LogP contribution in [0.15, 0.2) is 35.1 Å². The zero-order valence-corrected chi connectivity index (χ0v) is 20.2. The van der Waals surface area contributed by atoms with Crippen molar-refractivity contribution in [3.63, 3.8) is 0 Å². The number of carbonyl (C=O) groups is 1. The number of aromatic nitrogens is 6. The first kappa shape index (κ1) is 22.8. The quantitative estimate of drug-likeness (QED) is 0.465. The van der Waals surface area contributed by atoms with Crippen LogP contribution < -0.4 is 5.73 Å². The molecule has 0 radical (unpaired) electrons. The largest absolute Gasteiger partial charge is 0.444 e. The molecule has 2 N–H and O–H groups in total. The topological polar surface area (TPSA) is 138 Å². The third-order valence-electron chi connectivity index (χ3n) is 5.86. The summed E-state index contributed by atoms with van der Waals surface area (Å²) < 4.78 is 12.5. The van der Waals surface area contributed by atoms with Crippen LogP contribution in [0.5, 0.6) is 0 Å². The van der Waals surface area contributed by atoms with E-state index in [0.717, 1.165) is 24.0 Å². The molecule has 182 valence electrons. The number of benzene rings is 1. The lowest BCUT2D eigenvalue weighted by Gasteiger charge is -2.34. The Morgan fingerprint density at radius 2 is 1.91 bits per heavy atom. The van der Waals surface area contributed by atoms with Gasteiger partial charge in [0.15, 0.2) is 5.65 Å². The van der Waals surface area contributed by atoms with E-state index in [0.29, 0.717) is 47.3 Å². The predicted molar refractivity (Wildman–Crippen MR) is 129 cm³/mol. The van der Waals surface area contributed by atoms with Gasteiger partial charge in [-0.1, -0.05) is 29.4 Å². The molecule has 0 spiro atoms. The molecule has 1 aliphatic heterocycles. The van der Waals surface area contributed by atoms with E-state index in [1.807, 2.05) is 49.7 Å². The molecule has 35 heavy (non-hydrogen) atoms. The fourth-order valence-corrected chi connectivity index (χ4v) is 4.29. The number of likely N-dealkylation sites (tertiary alicyclic amines) is 1. The van der Waals surface area contributed by atoms with Gasteiger partial charge < -0.3 is 19.9 Å². The van der Waals surface area contributed by atoms with Gasteiger partial charge in [0.25, 0.3) is 0 Å². The molecule has 1 aliphatic rings. The molecular weight excluding hydrogens is 448 g/mol. The van der Waals surface area contributed by atoms with E-state index >= 15 is 0 Å². The molecule has 0 unspecified atom stereocenters. The van der Waals surface area contributed by atoms with Crippen molar-refractivity contribution in [3.05, 3.63) is 36.5 Å². The summed E-state index contributed by atoms with van der Waals surface area (Å²) >= 11 is 0. The Labute approximate surface area is 202 Å².